The number of halogens is 2. The number of aromatic nitrogens is 4. The Morgan fingerprint density at radius 3 is 2.62 bits per heavy atom. The second-order valence-corrected chi connectivity index (χ2v) is 7.26. The Kier molecular flexibility index (Phi) is 6.19. The van der Waals surface area contributed by atoms with Gasteiger partial charge in [0.2, 0.25) is 5.91 Å². The number of aryl methyl sites for hydroxylation is 2. The van der Waals surface area contributed by atoms with E-state index in [1.54, 1.807) is 16.8 Å². The number of anilines is 1. The average molecular weight is 437 g/mol. The molecular weight excluding hydrogens is 419 g/mol. The van der Waals surface area contributed by atoms with Crippen LogP contribution in [0.15, 0.2) is 30.5 Å². The van der Waals surface area contributed by atoms with Crippen molar-refractivity contribution in [2.75, 3.05) is 5.32 Å². The third-order valence-corrected chi connectivity index (χ3v) is 5.08. The van der Waals surface area contributed by atoms with E-state index < -0.39 is 4.92 Å². The molecule has 2 aromatic heterocycles. The smallest absolute Gasteiger partial charge is 0.358 e. The van der Waals surface area contributed by atoms with E-state index in [0.717, 1.165) is 11.3 Å². The van der Waals surface area contributed by atoms with Crippen molar-refractivity contribution in [3.8, 4) is 0 Å². The van der Waals surface area contributed by atoms with Crippen LogP contribution in [0.2, 0.25) is 10.0 Å². The Morgan fingerprint density at radius 2 is 1.97 bits per heavy atom. The van der Waals surface area contributed by atoms with E-state index in [1.165, 1.54) is 16.9 Å². The van der Waals surface area contributed by atoms with Crippen molar-refractivity contribution < 1.29 is 9.72 Å². The maximum Gasteiger partial charge on any atom is 0.389 e. The highest BCUT2D eigenvalue weighted by atomic mass is 35.5. The average Bonchev–Trinajstić information content (AvgIpc) is 3.24. The van der Waals surface area contributed by atoms with Gasteiger partial charge >= 0.3 is 5.82 Å². The zero-order chi connectivity index (χ0) is 21.1. The maximum atomic E-state index is 12.3. The number of carbonyl (C=O) groups is 1. The Hall–Kier alpha value is -2.91. The standard InChI is InChI=1S/C18H18Cl2N6O3/c1-11-18(21-17(27)6-8-24-7-5-16(23-24)26(28)29)12(2)25(22-11)10-13-3-4-14(19)15(20)9-13/h3-5,7,9H,6,8,10H2,1-2H3,(H,21,27). The first-order valence-corrected chi connectivity index (χ1v) is 9.46. The molecule has 0 aliphatic rings. The third-order valence-electron chi connectivity index (χ3n) is 4.34. The summed E-state index contributed by atoms with van der Waals surface area (Å²) in [7, 11) is 0. The van der Waals surface area contributed by atoms with Gasteiger partial charge in [0.1, 0.15) is 0 Å². The lowest BCUT2D eigenvalue weighted by atomic mass is 10.2. The van der Waals surface area contributed by atoms with E-state index in [4.69, 9.17) is 23.2 Å². The molecule has 0 saturated carbocycles. The van der Waals surface area contributed by atoms with Crippen LogP contribution in [-0.2, 0) is 17.9 Å². The molecular formula is C18H18Cl2N6O3. The molecule has 3 rings (SSSR count). The monoisotopic (exact) mass is 436 g/mol. The molecule has 0 aliphatic carbocycles. The largest absolute Gasteiger partial charge is 0.389 e. The molecule has 0 atom stereocenters. The van der Waals surface area contributed by atoms with Crippen molar-refractivity contribution in [2.24, 2.45) is 0 Å². The quantitative estimate of drug-likeness (QED) is 0.444. The number of amides is 1. The van der Waals surface area contributed by atoms with E-state index in [9.17, 15) is 14.9 Å². The van der Waals surface area contributed by atoms with Gasteiger partial charge in [0.05, 0.1) is 57.6 Å². The highest BCUT2D eigenvalue weighted by Crippen LogP contribution is 2.25. The fraction of sp³-hybridized carbons (Fsp3) is 0.278. The molecule has 9 nitrogen and oxygen atoms in total. The Balaban J connectivity index is 1.65. The number of nitrogens with one attached hydrogen (secondary N) is 1. The second kappa shape index (κ2) is 8.62. The number of hydrogen-bond donors (Lipinski definition) is 1. The van der Waals surface area contributed by atoms with Gasteiger partial charge in [-0.25, -0.2) is 0 Å². The van der Waals surface area contributed by atoms with Crippen molar-refractivity contribution in [3.63, 3.8) is 0 Å². The van der Waals surface area contributed by atoms with Crippen LogP contribution in [0.4, 0.5) is 11.5 Å². The van der Waals surface area contributed by atoms with Crippen molar-refractivity contribution in [1.82, 2.24) is 19.6 Å². The molecule has 0 unspecified atom stereocenters. The van der Waals surface area contributed by atoms with Gasteiger partial charge in [-0.1, -0.05) is 29.3 Å². The minimum atomic E-state index is -0.578. The van der Waals surface area contributed by atoms with Gasteiger partial charge in [0.25, 0.3) is 0 Å². The van der Waals surface area contributed by atoms with Gasteiger partial charge < -0.3 is 15.4 Å². The summed E-state index contributed by atoms with van der Waals surface area (Å²) < 4.78 is 3.15. The van der Waals surface area contributed by atoms with E-state index in [2.05, 4.69) is 15.5 Å². The van der Waals surface area contributed by atoms with E-state index in [0.29, 0.717) is 28.0 Å². The molecule has 0 aliphatic heterocycles. The van der Waals surface area contributed by atoms with Gasteiger partial charge in [0.15, 0.2) is 0 Å². The Bertz CT molecular complexity index is 1080. The summed E-state index contributed by atoms with van der Waals surface area (Å²) in [6, 6.07) is 6.67. The van der Waals surface area contributed by atoms with Crippen molar-refractivity contribution in [3.05, 3.63) is 67.6 Å². The highest BCUT2D eigenvalue weighted by Gasteiger charge is 2.16. The normalized spacial score (nSPS) is 10.9. The minimum Gasteiger partial charge on any atom is -0.358 e. The number of carbonyl (C=O) groups excluding carboxylic acids is 1. The van der Waals surface area contributed by atoms with Crippen LogP contribution < -0.4 is 5.32 Å². The number of hydrogen-bond acceptors (Lipinski definition) is 5. The first kappa shape index (κ1) is 20.8. The van der Waals surface area contributed by atoms with Crippen LogP contribution in [0, 0.1) is 24.0 Å². The van der Waals surface area contributed by atoms with Crippen LogP contribution in [0.3, 0.4) is 0 Å². The minimum absolute atomic E-state index is 0.121. The number of nitro groups is 1. The fourth-order valence-electron chi connectivity index (χ4n) is 2.83. The summed E-state index contributed by atoms with van der Waals surface area (Å²) in [6.45, 7) is 4.39. The van der Waals surface area contributed by atoms with E-state index >= 15 is 0 Å². The topological polar surface area (TPSA) is 108 Å². The molecule has 0 bridgehead atoms. The van der Waals surface area contributed by atoms with Gasteiger partial charge in [-0.3, -0.25) is 9.48 Å². The molecule has 1 amide bonds. The van der Waals surface area contributed by atoms with Crippen LogP contribution in [0.5, 0.6) is 0 Å². The summed E-state index contributed by atoms with van der Waals surface area (Å²) >= 11 is 12.0. The highest BCUT2D eigenvalue weighted by molar-refractivity contribution is 6.42. The molecule has 29 heavy (non-hydrogen) atoms. The zero-order valence-electron chi connectivity index (χ0n) is 15.7. The summed E-state index contributed by atoms with van der Waals surface area (Å²) in [5.41, 5.74) is 3.06. The SMILES string of the molecule is Cc1nn(Cc2ccc(Cl)c(Cl)c2)c(C)c1NC(=O)CCn1ccc([N+](=O)[O-])n1. The third kappa shape index (κ3) is 4.93. The molecule has 11 heteroatoms. The molecule has 2 heterocycles. The van der Waals surface area contributed by atoms with Crippen molar-refractivity contribution in [1.29, 1.82) is 0 Å². The zero-order valence-corrected chi connectivity index (χ0v) is 17.2. The molecule has 0 spiro atoms. The predicted octanol–water partition coefficient (Wildman–Crippen LogP) is 3.99. The van der Waals surface area contributed by atoms with E-state index in [1.807, 2.05) is 19.9 Å². The molecule has 0 fully saturated rings. The maximum absolute atomic E-state index is 12.3. The molecule has 0 saturated heterocycles. The first-order chi connectivity index (χ1) is 13.7. The first-order valence-electron chi connectivity index (χ1n) is 8.70. The fourth-order valence-corrected chi connectivity index (χ4v) is 3.15. The lowest BCUT2D eigenvalue weighted by Crippen LogP contribution is -2.16. The molecule has 3 aromatic rings. The second-order valence-electron chi connectivity index (χ2n) is 6.44. The molecule has 0 radical (unpaired) electrons. The lowest BCUT2D eigenvalue weighted by Gasteiger charge is -2.08. The molecule has 1 aromatic carbocycles. The number of benzene rings is 1. The summed E-state index contributed by atoms with van der Waals surface area (Å²) in [5.74, 6) is -0.482. The van der Waals surface area contributed by atoms with Crippen LogP contribution in [0.1, 0.15) is 23.4 Å². The summed E-state index contributed by atoms with van der Waals surface area (Å²) in [6.07, 6.45) is 1.59. The van der Waals surface area contributed by atoms with Crippen LogP contribution in [-0.4, -0.2) is 30.4 Å². The Labute approximate surface area is 176 Å². The van der Waals surface area contributed by atoms with Crippen molar-refractivity contribution in [2.45, 2.75) is 33.4 Å². The van der Waals surface area contributed by atoms with Crippen LogP contribution >= 0.6 is 23.2 Å². The number of rotatable bonds is 7. The van der Waals surface area contributed by atoms with Crippen LogP contribution in [0.25, 0.3) is 0 Å². The summed E-state index contributed by atoms with van der Waals surface area (Å²) in [5, 5.41) is 22.8. The van der Waals surface area contributed by atoms with Gasteiger partial charge in [-0.15, -0.1) is 0 Å². The summed E-state index contributed by atoms with van der Waals surface area (Å²) in [4.78, 5) is 22.4. The number of nitrogens with zero attached hydrogens (tertiary/aromatic N) is 5. The lowest BCUT2D eigenvalue weighted by molar-refractivity contribution is -0.389. The molecule has 152 valence electrons. The van der Waals surface area contributed by atoms with Gasteiger partial charge in [-0.2, -0.15) is 9.78 Å². The van der Waals surface area contributed by atoms with E-state index in [-0.39, 0.29) is 24.7 Å². The van der Waals surface area contributed by atoms with Gasteiger partial charge in [-0.05, 0) is 36.5 Å². The predicted molar refractivity (Wildman–Crippen MR) is 109 cm³/mol. The van der Waals surface area contributed by atoms with Gasteiger partial charge in [0, 0.05) is 6.42 Å². The molecule has 1 N–H and O–H groups in total. The Morgan fingerprint density at radius 1 is 1.21 bits per heavy atom. The van der Waals surface area contributed by atoms with Crippen molar-refractivity contribution >= 4 is 40.6 Å².